The van der Waals surface area contributed by atoms with Crippen LogP contribution in [0.1, 0.15) is 32.2 Å². The molecule has 1 N–H and O–H groups in total. The van der Waals surface area contributed by atoms with Gasteiger partial charge in [0.1, 0.15) is 5.75 Å². The summed E-state index contributed by atoms with van der Waals surface area (Å²) < 4.78 is 6.72. The number of aryl methyl sites for hydroxylation is 1. The zero-order valence-corrected chi connectivity index (χ0v) is 17.9. The first-order valence-corrected chi connectivity index (χ1v) is 10.5. The van der Waals surface area contributed by atoms with Gasteiger partial charge in [-0.3, -0.25) is 0 Å². The molecule has 1 aliphatic heterocycles. The lowest BCUT2D eigenvalue weighted by molar-refractivity contribution is 0.373. The molecule has 1 fully saturated rings. The highest BCUT2D eigenvalue weighted by Crippen LogP contribution is 2.35. The molecule has 0 bridgehead atoms. The summed E-state index contributed by atoms with van der Waals surface area (Å²) in [4.78, 5) is 6.84. The SMILES string of the molecule is COc1cc2nc(C)sc2cc1-c1ccc(N2CCC(NC(C)(C)C)C2)nn1. The van der Waals surface area contributed by atoms with Gasteiger partial charge in [-0.2, -0.15) is 0 Å². The molecule has 0 radical (unpaired) electrons. The number of hydrogen-bond acceptors (Lipinski definition) is 7. The van der Waals surface area contributed by atoms with E-state index in [0.29, 0.717) is 6.04 Å². The highest BCUT2D eigenvalue weighted by molar-refractivity contribution is 7.18. The lowest BCUT2D eigenvalue weighted by Crippen LogP contribution is -2.45. The summed E-state index contributed by atoms with van der Waals surface area (Å²) in [5.41, 5.74) is 2.85. The summed E-state index contributed by atoms with van der Waals surface area (Å²) in [6.07, 6.45) is 1.12. The largest absolute Gasteiger partial charge is 0.496 e. The third-order valence-electron chi connectivity index (χ3n) is 4.89. The fraction of sp³-hybridized carbons (Fsp3) is 0.476. The van der Waals surface area contributed by atoms with E-state index in [0.717, 1.165) is 57.6 Å². The molecule has 0 aliphatic carbocycles. The second-order valence-electron chi connectivity index (χ2n) is 8.36. The second-order valence-corrected chi connectivity index (χ2v) is 9.59. The van der Waals surface area contributed by atoms with Gasteiger partial charge in [-0.1, -0.05) is 0 Å². The smallest absolute Gasteiger partial charge is 0.151 e. The Morgan fingerprint density at radius 1 is 1.21 bits per heavy atom. The molecule has 3 heterocycles. The number of benzene rings is 1. The first-order chi connectivity index (χ1) is 13.3. The molecule has 148 valence electrons. The van der Waals surface area contributed by atoms with Crippen LogP contribution in [-0.2, 0) is 0 Å². The fourth-order valence-electron chi connectivity index (χ4n) is 3.78. The Morgan fingerprint density at radius 2 is 2.04 bits per heavy atom. The Hall–Kier alpha value is -2.25. The van der Waals surface area contributed by atoms with E-state index in [-0.39, 0.29) is 5.54 Å². The van der Waals surface area contributed by atoms with Crippen LogP contribution in [-0.4, -0.2) is 47.0 Å². The lowest BCUT2D eigenvalue weighted by atomic mass is 10.1. The summed E-state index contributed by atoms with van der Waals surface area (Å²) >= 11 is 1.68. The number of thiazole rings is 1. The molecule has 1 atom stereocenters. The van der Waals surface area contributed by atoms with Crippen molar-refractivity contribution in [3.8, 4) is 17.0 Å². The van der Waals surface area contributed by atoms with E-state index >= 15 is 0 Å². The van der Waals surface area contributed by atoms with Crippen molar-refractivity contribution in [1.29, 1.82) is 0 Å². The Kier molecular flexibility index (Phi) is 4.97. The minimum atomic E-state index is 0.125. The standard InChI is InChI=1S/C21H27N5OS/c1-13-22-17-11-18(27-5)15(10-19(17)28-13)16-6-7-20(25-24-16)26-9-8-14(12-26)23-21(2,3)4/h6-7,10-11,14,23H,8-9,12H2,1-5H3. The van der Waals surface area contributed by atoms with E-state index in [2.05, 4.69) is 58.3 Å². The van der Waals surface area contributed by atoms with Crippen molar-refractivity contribution in [3.63, 3.8) is 0 Å². The van der Waals surface area contributed by atoms with Crippen molar-refractivity contribution in [2.24, 2.45) is 0 Å². The molecule has 4 rings (SSSR count). The van der Waals surface area contributed by atoms with E-state index < -0.39 is 0 Å². The Bertz CT molecular complexity index is 977. The molecule has 6 nitrogen and oxygen atoms in total. The Morgan fingerprint density at radius 3 is 2.71 bits per heavy atom. The lowest BCUT2D eigenvalue weighted by Gasteiger charge is -2.26. The predicted molar refractivity (Wildman–Crippen MR) is 115 cm³/mol. The predicted octanol–water partition coefficient (Wildman–Crippen LogP) is 4.04. The number of methoxy groups -OCH3 is 1. The van der Waals surface area contributed by atoms with Gasteiger partial charge >= 0.3 is 0 Å². The molecule has 1 aromatic carbocycles. The number of nitrogens with zero attached hydrogens (tertiary/aromatic N) is 4. The van der Waals surface area contributed by atoms with E-state index in [1.54, 1.807) is 18.4 Å². The van der Waals surface area contributed by atoms with Gasteiger partial charge < -0.3 is 15.0 Å². The van der Waals surface area contributed by atoms with Crippen LogP contribution in [0, 0.1) is 6.92 Å². The zero-order chi connectivity index (χ0) is 19.9. The van der Waals surface area contributed by atoms with Gasteiger partial charge in [0.25, 0.3) is 0 Å². The monoisotopic (exact) mass is 397 g/mol. The van der Waals surface area contributed by atoms with Gasteiger partial charge in [0.05, 0.1) is 28.0 Å². The maximum atomic E-state index is 5.59. The van der Waals surface area contributed by atoms with E-state index in [4.69, 9.17) is 4.74 Å². The van der Waals surface area contributed by atoms with Crippen LogP contribution in [0.3, 0.4) is 0 Å². The molecule has 3 aromatic rings. The van der Waals surface area contributed by atoms with Gasteiger partial charge in [0.2, 0.25) is 0 Å². The van der Waals surface area contributed by atoms with Crippen LogP contribution >= 0.6 is 11.3 Å². The summed E-state index contributed by atoms with van der Waals surface area (Å²) in [7, 11) is 1.68. The maximum Gasteiger partial charge on any atom is 0.151 e. The number of fused-ring (bicyclic) bond motifs is 1. The molecule has 1 saturated heterocycles. The molecule has 0 amide bonds. The summed E-state index contributed by atoms with van der Waals surface area (Å²) in [5, 5.41) is 13.7. The van der Waals surface area contributed by atoms with Gasteiger partial charge in [-0.25, -0.2) is 4.98 Å². The van der Waals surface area contributed by atoms with Crippen LogP contribution in [0.25, 0.3) is 21.5 Å². The van der Waals surface area contributed by atoms with Crippen LogP contribution in [0.5, 0.6) is 5.75 Å². The summed E-state index contributed by atoms with van der Waals surface area (Å²) in [5.74, 6) is 1.70. The van der Waals surface area contributed by atoms with Crippen molar-refractivity contribution in [1.82, 2.24) is 20.5 Å². The number of anilines is 1. The Balaban J connectivity index is 1.56. The van der Waals surface area contributed by atoms with Crippen molar-refractivity contribution in [2.75, 3.05) is 25.1 Å². The average molecular weight is 398 g/mol. The van der Waals surface area contributed by atoms with E-state index in [9.17, 15) is 0 Å². The summed E-state index contributed by atoms with van der Waals surface area (Å²) in [6, 6.07) is 8.65. The van der Waals surface area contributed by atoms with Gasteiger partial charge in [-0.05, 0) is 52.3 Å². The van der Waals surface area contributed by atoms with Gasteiger partial charge in [0.15, 0.2) is 5.82 Å². The van der Waals surface area contributed by atoms with Crippen LogP contribution < -0.4 is 15.0 Å². The van der Waals surface area contributed by atoms with Crippen LogP contribution in [0.4, 0.5) is 5.82 Å². The molecule has 1 aliphatic rings. The maximum absolute atomic E-state index is 5.59. The van der Waals surface area contributed by atoms with Crippen molar-refractivity contribution in [3.05, 3.63) is 29.3 Å². The molecule has 2 aromatic heterocycles. The second kappa shape index (κ2) is 7.29. The number of nitrogens with one attached hydrogen (secondary N) is 1. The van der Waals surface area contributed by atoms with E-state index in [1.807, 2.05) is 19.1 Å². The fourth-order valence-corrected chi connectivity index (χ4v) is 4.62. The number of rotatable bonds is 4. The molecule has 28 heavy (non-hydrogen) atoms. The topological polar surface area (TPSA) is 63.2 Å². The molecule has 0 spiro atoms. The van der Waals surface area contributed by atoms with Crippen molar-refractivity contribution >= 4 is 27.4 Å². The van der Waals surface area contributed by atoms with E-state index in [1.165, 1.54) is 0 Å². The van der Waals surface area contributed by atoms with Crippen LogP contribution in [0.15, 0.2) is 24.3 Å². The first kappa shape index (κ1) is 19.1. The van der Waals surface area contributed by atoms with Crippen molar-refractivity contribution in [2.45, 2.75) is 45.7 Å². The third-order valence-corrected chi connectivity index (χ3v) is 5.83. The van der Waals surface area contributed by atoms with Gasteiger partial charge in [0, 0.05) is 36.3 Å². The minimum Gasteiger partial charge on any atom is -0.496 e. The minimum absolute atomic E-state index is 0.125. The molecule has 1 unspecified atom stereocenters. The normalized spacial score (nSPS) is 17.5. The Labute approximate surface area is 170 Å². The number of ether oxygens (including phenoxy) is 1. The quantitative estimate of drug-likeness (QED) is 0.717. The molecular formula is C21H27N5OS. The highest BCUT2D eigenvalue weighted by Gasteiger charge is 2.26. The highest BCUT2D eigenvalue weighted by atomic mass is 32.1. The zero-order valence-electron chi connectivity index (χ0n) is 17.1. The molecular weight excluding hydrogens is 370 g/mol. The van der Waals surface area contributed by atoms with Crippen LogP contribution in [0.2, 0.25) is 0 Å². The number of hydrogen-bond donors (Lipinski definition) is 1. The first-order valence-electron chi connectivity index (χ1n) is 9.64. The van der Waals surface area contributed by atoms with Crippen molar-refractivity contribution < 1.29 is 4.74 Å². The summed E-state index contributed by atoms with van der Waals surface area (Å²) in [6.45, 7) is 10.6. The number of aromatic nitrogens is 3. The average Bonchev–Trinajstić information content (AvgIpc) is 3.24. The molecule has 0 saturated carbocycles. The molecule has 7 heteroatoms. The third kappa shape index (κ3) is 3.95. The van der Waals surface area contributed by atoms with Gasteiger partial charge in [-0.15, -0.1) is 21.5 Å².